The molecule has 2 aromatic heterocycles. The smallest absolute Gasteiger partial charge is 0.132 e. The van der Waals surface area contributed by atoms with Crippen molar-refractivity contribution in [1.82, 2.24) is 19.9 Å². The predicted molar refractivity (Wildman–Crippen MR) is 154 cm³/mol. The number of aryl methyl sites for hydroxylation is 1. The first-order chi connectivity index (χ1) is 19.1. The number of halogens is 1. The molecule has 1 saturated heterocycles. The van der Waals surface area contributed by atoms with E-state index < -0.39 is 0 Å². The van der Waals surface area contributed by atoms with Crippen LogP contribution in [0.25, 0.3) is 22.4 Å². The lowest BCUT2D eigenvalue weighted by molar-refractivity contribution is 0.212. The zero-order valence-corrected chi connectivity index (χ0v) is 21.9. The van der Waals surface area contributed by atoms with Gasteiger partial charge in [0.1, 0.15) is 17.5 Å². The van der Waals surface area contributed by atoms with E-state index in [1.165, 1.54) is 23.3 Å². The van der Waals surface area contributed by atoms with E-state index in [2.05, 4.69) is 81.5 Å². The Balaban J connectivity index is 1.23. The maximum atomic E-state index is 13.4. The fourth-order valence-corrected chi connectivity index (χ4v) is 5.34. The summed E-state index contributed by atoms with van der Waals surface area (Å²) < 4.78 is 13.4. The molecule has 0 bridgehead atoms. The highest BCUT2D eigenvalue weighted by atomic mass is 19.1. The van der Waals surface area contributed by atoms with Crippen LogP contribution in [0.4, 0.5) is 10.2 Å². The Morgan fingerprint density at radius 1 is 0.667 bits per heavy atom. The first kappa shape index (κ1) is 24.9. The summed E-state index contributed by atoms with van der Waals surface area (Å²) >= 11 is 0. The Labute approximate surface area is 228 Å². The maximum Gasteiger partial charge on any atom is 0.132 e. The first-order valence-corrected chi connectivity index (χ1v) is 13.3. The fraction of sp³-hybridized carbons (Fsp3) is 0.182. The number of nitrogens with zero attached hydrogens (tertiary/aromatic N) is 5. The van der Waals surface area contributed by atoms with Crippen molar-refractivity contribution in [2.45, 2.75) is 13.0 Å². The number of piperazine rings is 1. The molecule has 3 aromatic carbocycles. The summed E-state index contributed by atoms with van der Waals surface area (Å²) in [5.41, 5.74) is 6.21. The van der Waals surface area contributed by atoms with Crippen LogP contribution in [0.1, 0.15) is 23.0 Å². The lowest BCUT2D eigenvalue weighted by Gasteiger charge is -2.40. The largest absolute Gasteiger partial charge is 0.354 e. The van der Waals surface area contributed by atoms with Gasteiger partial charge >= 0.3 is 0 Å². The monoisotopic (exact) mass is 515 g/mol. The van der Waals surface area contributed by atoms with E-state index in [0.717, 1.165) is 60.2 Å². The van der Waals surface area contributed by atoms with Crippen molar-refractivity contribution in [3.63, 3.8) is 0 Å². The molecule has 0 atom stereocenters. The third-order valence-corrected chi connectivity index (χ3v) is 7.27. The van der Waals surface area contributed by atoms with E-state index in [1.807, 2.05) is 19.2 Å². The Hall–Kier alpha value is -4.42. The van der Waals surface area contributed by atoms with Gasteiger partial charge in [-0.05, 0) is 41.8 Å². The van der Waals surface area contributed by atoms with Crippen LogP contribution in [0, 0.1) is 12.7 Å². The average Bonchev–Trinajstić information content (AvgIpc) is 2.99. The Morgan fingerprint density at radius 3 is 1.92 bits per heavy atom. The van der Waals surface area contributed by atoms with Crippen molar-refractivity contribution in [3.05, 3.63) is 132 Å². The lowest BCUT2D eigenvalue weighted by Crippen LogP contribution is -2.48. The summed E-state index contributed by atoms with van der Waals surface area (Å²) in [5, 5.41) is 0. The van der Waals surface area contributed by atoms with Crippen LogP contribution in [0.15, 0.2) is 109 Å². The van der Waals surface area contributed by atoms with Crippen molar-refractivity contribution < 1.29 is 4.39 Å². The van der Waals surface area contributed by atoms with Crippen LogP contribution >= 0.6 is 0 Å². The SMILES string of the molecule is Cc1nc(-c2cncc(-c3ccc(F)cc3)c2)cc(N2CCN(C(c3ccccc3)c3ccccc3)CC2)n1. The average molecular weight is 516 g/mol. The molecule has 1 aliphatic heterocycles. The fourth-order valence-electron chi connectivity index (χ4n) is 5.34. The van der Waals surface area contributed by atoms with E-state index >= 15 is 0 Å². The Bertz CT molecular complexity index is 1490. The number of hydrogen-bond donors (Lipinski definition) is 0. The second kappa shape index (κ2) is 11.1. The zero-order valence-electron chi connectivity index (χ0n) is 21.9. The van der Waals surface area contributed by atoms with Crippen molar-refractivity contribution in [3.8, 4) is 22.4 Å². The summed E-state index contributed by atoms with van der Waals surface area (Å²) in [4.78, 5) is 18.9. The second-order valence-electron chi connectivity index (χ2n) is 9.87. The number of aromatic nitrogens is 3. The number of pyridine rings is 1. The second-order valence-corrected chi connectivity index (χ2v) is 9.87. The van der Waals surface area contributed by atoms with E-state index in [1.54, 1.807) is 18.3 Å². The van der Waals surface area contributed by atoms with Crippen molar-refractivity contribution in [2.75, 3.05) is 31.1 Å². The molecular weight excluding hydrogens is 485 g/mol. The van der Waals surface area contributed by atoms with Gasteiger partial charge in [-0.15, -0.1) is 0 Å². The van der Waals surface area contributed by atoms with Gasteiger partial charge in [0.2, 0.25) is 0 Å². The van der Waals surface area contributed by atoms with E-state index in [9.17, 15) is 4.39 Å². The molecule has 6 rings (SSSR count). The van der Waals surface area contributed by atoms with Gasteiger partial charge in [-0.2, -0.15) is 0 Å². The predicted octanol–water partition coefficient (Wildman–Crippen LogP) is 6.56. The zero-order chi connectivity index (χ0) is 26.6. The molecule has 0 N–H and O–H groups in total. The standard InChI is InChI=1S/C33H30FN5/c1-24-36-31(29-20-28(22-35-23-29)25-12-14-30(34)15-13-25)21-32(37-24)38-16-18-39(19-17-38)33(26-8-4-2-5-9-26)27-10-6-3-7-11-27/h2-15,20-23,33H,16-19H2,1H3. The maximum absolute atomic E-state index is 13.4. The Kier molecular flexibility index (Phi) is 7.11. The third-order valence-electron chi connectivity index (χ3n) is 7.27. The molecular formula is C33H30FN5. The molecule has 194 valence electrons. The van der Waals surface area contributed by atoms with E-state index in [0.29, 0.717) is 0 Å². The highest BCUT2D eigenvalue weighted by Crippen LogP contribution is 2.31. The molecule has 0 amide bonds. The molecule has 0 saturated carbocycles. The molecule has 0 aliphatic carbocycles. The molecule has 1 aliphatic rings. The van der Waals surface area contributed by atoms with Gasteiger partial charge in [0, 0.05) is 55.8 Å². The summed E-state index contributed by atoms with van der Waals surface area (Å²) in [5.74, 6) is 1.40. The molecule has 5 nitrogen and oxygen atoms in total. The van der Waals surface area contributed by atoms with Gasteiger partial charge in [-0.1, -0.05) is 72.8 Å². The molecule has 0 unspecified atom stereocenters. The van der Waals surface area contributed by atoms with E-state index in [-0.39, 0.29) is 11.9 Å². The van der Waals surface area contributed by atoms with E-state index in [4.69, 9.17) is 9.97 Å². The summed E-state index contributed by atoms with van der Waals surface area (Å²) in [6, 6.07) is 32.3. The van der Waals surface area contributed by atoms with Gasteiger partial charge in [0.25, 0.3) is 0 Å². The molecule has 3 heterocycles. The van der Waals surface area contributed by atoms with Crippen LogP contribution in [-0.2, 0) is 0 Å². The van der Waals surface area contributed by atoms with Crippen LogP contribution in [0.2, 0.25) is 0 Å². The highest BCUT2D eigenvalue weighted by molar-refractivity contribution is 5.71. The molecule has 0 radical (unpaired) electrons. The van der Waals surface area contributed by atoms with Gasteiger partial charge in [-0.25, -0.2) is 14.4 Å². The molecule has 1 fully saturated rings. The topological polar surface area (TPSA) is 45.2 Å². The minimum atomic E-state index is -0.252. The quantitative estimate of drug-likeness (QED) is 0.256. The number of benzene rings is 3. The van der Waals surface area contributed by atoms with Gasteiger partial charge < -0.3 is 4.90 Å². The molecule has 5 aromatic rings. The minimum Gasteiger partial charge on any atom is -0.354 e. The third kappa shape index (κ3) is 5.56. The van der Waals surface area contributed by atoms with Crippen molar-refractivity contribution >= 4 is 5.82 Å². The van der Waals surface area contributed by atoms with Crippen LogP contribution in [-0.4, -0.2) is 46.0 Å². The Morgan fingerprint density at radius 2 is 1.28 bits per heavy atom. The number of anilines is 1. The normalized spacial score (nSPS) is 14.1. The molecule has 6 heteroatoms. The lowest BCUT2D eigenvalue weighted by atomic mass is 9.96. The van der Waals surface area contributed by atoms with Crippen LogP contribution in [0.5, 0.6) is 0 Å². The molecule has 0 spiro atoms. The number of hydrogen-bond acceptors (Lipinski definition) is 5. The van der Waals surface area contributed by atoms with Crippen molar-refractivity contribution in [2.24, 2.45) is 0 Å². The summed E-state index contributed by atoms with van der Waals surface area (Å²) in [6.45, 7) is 5.53. The highest BCUT2D eigenvalue weighted by Gasteiger charge is 2.27. The first-order valence-electron chi connectivity index (χ1n) is 13.3. The van der Waals surface area contributed by atoms with Crippen LogP contribution in [0.3, 0.4) is 0 Å². The number of rotatable bonds is 6. The minimum absolute atomic E-state index is 0.220. The van der Waals surface area contributed by atoms with Crippen molar-refractivity contribution in [1.29, 1.82) is 0 Å². The molecule has 39 heavy (non-hydrogen) atoms. The summed E-state index contributed by atoms with van der Waals surface area (Å²) in [7, 11) is 0. The van der Waals surface area contributed by atoms with Gasteiger partial charge in [0.15, 0.2) is 0 Å². The van der Waals surface area contributed by atoms with Gasteiger partial charge in [0.05, 0.1) is 11.7 Å². The summed E-state index contributed by atoms with van der Waals surface area (Å²) in [6.07, 6.45) is 3.61. The van der Waals surface area contributed by atoms with Gasteiger partial charge in [-0.3, -0.25) is 9.88 Å². The van der Waals surface area contributed by atoms with Crippen LogP contribution < -0.4 is 4.90 Å².